The summed E-state index contributed by atoms with van der Waals surface area (Å²) in [6.45, 7) is 2.51. The number of hydrogen-bond acceptors (Lipinski definition) is 6. The topological polar surface area (TPSA) is 91.6 Å². The molecule has 8 nitrogen and oxygen atoms in total. The number of carbonyl (C=O) groups is 1. The summed E-state index contributed by atoms with van der Waals surface area (Å²) in [7, 11) is 1.32. The van der Waals surface area contributed by atoms with Gasteiger partial charge in [0.25, 0.3) is 5.56 Å². The third-order valence-electron chi connectivity index (χ3n) is 5.60. The van der Waals surface area contributed by atoms with Crippen molar-refractivity contribution in [2.45, 2.75) is 26.4 Å². The Morgan fingerprint density at radius 1 is 0.919 bits per heavy atom. The summed E-state index contributed by atoms with van der Waals surface area (Å²) in [5.74, 6) is 0.955. The van der Waals surface area contributed by atoms with E-state index in [0.29, 0.717) is 46.6 Å². The number of methoxy groups -OCH3 is 1. The maximum absolute atomic E-state index is 13.2. The first-order chi connectivity index (χ1) is 17.9. The largest absolute Gasteiger partial charge is 0.465 e. The van der Waals surface area contributed by atoms with Gasteiger partial charge < -0.3 is 14.8 Å². The number of nitrogens with one attached hydrogen (secondary N) is 1. The first kappa shape index (κ1) is 25.8. The van der Waals surface area contributed by atoms with Crippen LogP contribution in [0.4, 0.5) is 11.5 Å². The van der Waals surface area contributed by atoms with E-state index in [1.54, 1.807) is 60.7 Å². The van der Waals surface area contributed by atoms with Crippen molar-refractivity contribution in [2.75, 3.05) is 12.4 Å². The minimum absolute atomic E-state index is 0.264. The van der Waals surface area contributed by atoms with Crippen LogP contribution in [-0.4, -0.2) is 22.2 Å². The van der Waals surface area contributed by atoms with Crippen molar-refractivity contribution >= 4 is 29.1 Å². The summed E-state index contributed by atoms with van der Waals surface area (Å²) < 4.78 is 13.4. The van der Waals surface area contributed by atoms with Crippen LogP contribution in [0.15, 0.2) is 88.5 Å². The molecule has 1 aromatic heterocycles. The molecule has 0 atom stereocenters. The lowest BCUT2D eigenvalue weighted by Gasteiger charge is -2.17. The van der Waals surface area contributed by atoms with Crippen LogP contribution in [-0.2, 0) is 17.8 Å². The molecule has 4 aromatic rings. The van der Waals surface area contributed by atoms with Crippen LogP contribution >= 0.6 is 11.6 Å². The Bertz CT molecular complexity index is 1510. The Labute approximate surface area is 218 Å². The lowest BCUT2D eigenvalue weighted by Crippen LogP contribution is -2.40. The second kappa shape index (κ2) is 11.6. The highest BCUT2D eigenvalue weighted by atomic mass is 35.5. The highest BCUT2D eigenvalue weighted by Crippen LogP contribution is 2.25. The second-order valence-corrected chi connectivity index (χ2v) is 8.72. The van der Waals surface area contributed by atoms with Gasteiger partial charge in [-0.2, -0.15) is 0 Å². The zero-order chi connectivity index (χ0) is 26.4. The average molecular weight is 520 g/mol. The molecule has 3 aromatic carbocycles. The molecule has 0 aliphatic heterocycles. The van der Waals surface area contributed by atoms with E-state index < -0.39 is 11.7 Å². The van der Waals surface area contributed by atoms with Gasteiger partial charge in [-0.25, -0.2) is 9.59 Å². The van der Waals surface area contributed by atoms with Crippen LogP contribution in [0.2, 0.25) is 5.02 Å². The zero-order valence-electron chi connectivity index (χ0n) is 20.4. The molecule has 1 heterocycles. The number of rotatable bonds is 9. The summed E-state index contributed by atoms with van der Waals surface area (Å²) in [5, 5.41) is 3.79. The van der Waals surface area contributed by atoms with Gasteiger partial charge in [0.05, 0.1) is 19.2 Å². The molecule has 9 heteroatoms. The highest BCUT2D eigenvalue weighted by molar-refractivity contribution is 6.30. The first-order valence-electron chi connectivity index (χ1n) is 11.7. The molecule has 0 aliphatic rings. The normalized spacial score (nSPS) is 10.7. The van der Waals surface area contributed by atoms with Gasteiger partial charge in [-0.05, 0) is 66.6 Å². The smallest absolute Gasteiger partial charge is 0.337 e. The monoisotopic (exact) mass is 519 g/mol. The molecule has 0 bridgehead atoms. The predicted octanol–water partition coefficient (Wildman–Crippen LogP) is 5.44. The number of hydrogen-bond donors (Lipinski definition) is 1. The Kier molecular flexibility index (Phi) is 8.10. The third kappa shape index (κ3) is 6.29. The van der Waals surface area contributed by atoms with Crippen molar-refractivity contribution in [2.24, 2.45) is 0 Å². The van der Waals surface area contributed by atoms with Gasteiger partial charge >= 0.3 is 11.7 Å². The van der Waals surface area contributed by atoms with E-state index in [0.717, 1.165) is 5.56 Å². The summed E-state index contributed by atoms with van der Waals surface area (Å²) in [4.78, 5) is 37.7. The van der Waals surface area contributed by atoms with Gasteiger partial charge in [-0.3, -0.25) is 13.9 Å². The summed E-state index contributed by atoms with van der Waals surface area (Å²) in [6, 6.07) is 22.3. The lowest BCUT2D eigenvalue weighted by molar-refractivity contribution is 0.0600. The van der Waals surface area contributed by atoms with E-state index >= 15 is 0 Å². The van der Waals surface area contributed by atoms with Crippen LogP contribution in [0.25, 0.3) is 0 Å². The molecule has 0 saturated heterocycles. The van der Waals surface area contributed by atoms with Crippen molar-refractivity contribution in [3.63, 3.8) is 0 Å². The van der Waals surface area contributed by atoms with E-state index in [1.165, 1.54) is 22.3 Å². The number of nitrogens with zero attached hydrogens (tertiary/aromatic N) is 2. The van der Waals surface area contributed by atoms with Gasteiger partial charge in [-0.1, -0.05) is 36.7 Å². The molecular weight excluding hydrogens is 494 g/mol. The van der Waals surface area contributed by atoms with E-state index in [2.05, 4.69) is 5.32 Å². The third-order valence-corrected chi connectivity index (χ3v) is 5.85. The molecule has 37 heavy (non-hydrogen) atoms. The molecule has 190 valence electrons. The van der Waals surface area contributed by atoms with Crippen LogP contribution in [0.5, 0.6) is 11.5 Å². The fourth-order valence-electron chi connectivity index (χ4n) is 3.77. The maximum atomic E-state index is 13.2. The van der Waals surface area contributed by atoms with Crippen molar-refractivity contribution in [1.82, 2.24) is 9.13 Å². The quantitative estimate of drug-likeness (QED) is 0.296. The van der Waals surface area contributed by atoms with Crippen LogP contribution in [0, 0.1) is 0 Å². The average Bonchev–Trinajstić information content (AvgIpc) is 2.90. The number of carbonyl (C=O) groups excluding carboxylic acids is 1. The molecule has 0 unspecified atom stereocenters. The summed E-state index contributed by atoms with van der Waals surface area (Å²) in [5.41, 5.74) is 1.15. The molecule has 4 rings (SSSR count). The zero-order valence-corrected chi connectivity index (χ0v) is 21.2. The first-order valence-corrected chi connectivity index (χ1v) is 12.1. The van der Waals surface area contributed by atoms with E-state index in [-0.39, 0.29) is 12.1 Å². The van der Waals surface area contributed by atoms with Gasteiger partial charge in [0, 0.05) is 23.3 Å². The minimum Gasteiger partial charge on any atom is -0.465 e. The molecule has 0 spiro atoms. The van der Waals surface area contributed by atoms with Gasteiger partial charge in [0.2, 0.25) is 0 Å². The van der Waals surface area contributed by atoms with Gasteiger partial charge in [0.1, 0.15) is 17.3 Å². The van der Waals surface area contributed by atoms with Crippen LogP contribution in [0.3, 0.4) is 0 Å². The SMILES string of the molecule is CCCn1c(=O)cc(Nc2ccc(Oc3cccc(C(=O)OC)c3)cc2)n(Cc2ccc(Cl)cc2)c1=O. The molecule has 0 saturated carbocycles. The number of benzene rings is 3. The van der Waals surface area contributed by atoms with Crippen LogP contribution in [0.1, 0.15) is 29.3 Å². The van der Waals surface area contributed by atoms with E-state index in [4.69, 9.17) is 21.1 Å². The minimum atomic E-state index is -0.449. The molecule has 0 radical (unpaired) electrons. The molecule has 0 amide bonds. The molecular formula is C28H26ClN3O5. The lowest BCUT2D eigenvalue weighted by atomic mass is 10.2. The number of halogens is 1. The van der Waals surface area contributed by atoms with E-state index in [9.17, 15) is 14.4 Å². The van der Waals surface area contributed by atoms with Gasteiger partial charge in [-0.15, -0.1) is 0 Å². The standard InChI is InChI=1S/C28H26ClN3O5/c1-3-15-31-26(33)17-25(32(28(31)35)18-19-7-9-21(29)10-8-19)30-22-11-13-23(14-12-22)37-24-6-4-5-20(16-24)27(34)36-2/h4-14,16-17,30H,3,15,18H2,1-2H3. The second-order valence-electron chi connectivity index (χ2n) is 8.29. The summed E-state index contributed by atoms with van der Waals surface area (Å²) >= 11 is 6.01. The Morgan fingerprint density at radius 2 is 1.65 bits per heavy atom. The fourth-order valence-corrected chi connectivity index (χ4v) is 3.89. The maximum Gasteiger partial charge on any atom is 0.337 e. The number of anilines is 2. The molecule has 0 fully saturated rings. The van der Waals surface area contributed by atoms with Crippen molar-refractivity contribution in [3.05, 3.63) is 116 Å². The van der Waals surface area contributed by atoms with Crippen molar-refractivity contribution in [1.29, 1.82) is 0 Å². The van der Waals surface area contributed by atoms with E-state index in [1.807, 2.05) is 19.1 Å². The number of aromatic nitrogens is 2. The van der Waals surface area contributed by atoms with Gasteiger partial charge in [0.15, 0.2) is 0 Å². The van der Waals surface area contributed by atoms with Crippen molar-refractivity contribution in [3.8, 4) is 11.5 Å². The highest BCUT2D eigenvalue weighted by Gasteiger charge is 2.13. The predicted molar refractivity (Wildman–Crippen MR) is 143 cm³/mol. The van der Waals surface area contributed by atoms with Crippen molar-refractivity contribution < 1.29 is 14.3 Å². The molecule has 1 N–H and O–H groups in total. The Balaban J connectivity index is 1.59. The Morgan fingerprint density at radius 3 is 2.32 bits per heavy atom. The number of esters is 1. The number of ether oxygens (including phenoxy) is 2. The fraction of sp³-hybridized carbons (Fsp3) is 0.179. The molecule has 0 aliphatic carbocycles. The Hall–Kier alpha value is -4.30. The summed E-state index contributed by atoms with van der Waals surface area (Å²) in [6.07, 6.45) is 0.660. The van der Waals surface area contributed by atoms with Crippen LogP contribution < -0.4 is 21.3 Å².